The van der Waals surface area contributed by atoms with Crippen LogP contribution >= 0.6 is 0 Å². The van der Waals surface area contributed by atoms with Crippen LogP contribution in [0.25, 0.3) is 0 Å². The molecule has 1 saturated heterocycles. The van der Waals surface area contributed by atoms with E-state index in [2.05, 4.69) is 34.5 Å². The molecule has 2 bridgehead atoms. The third-order valence-electron chi connectivity index (χ3n) is 5.51. The van der Waals surface area contributed by atoms with Gasteiger partial charge in [-0.25, -0.2) is 4.79 Å². The minimum Gasteiger partial charge on any atom is -0.467 e. The molecule has 0 spiro atoms. The van der Waals surface area contributed by atoms with Gasteiger partial charge >= 0.3 is 5.97 Å². The summed E-state index contributed by atoms with van der Waals surface area (Å²) in [7, 11) is 1.37. The van der Waals surface area contributed by atoms with Crippen molar-refractivity contribution in [3.8, 4) is 0 Å². The molecule has 1 aliphatic heterocycles. The second-order valence-electron chi connectivity index (χ2n) is 8.06. The average Bonchev–Trinajstić information content (AvgIpc) is 3.28. The number of esters is 1. The zero-order valence-corrected chi connectivity index (χ0v) is 16.4. The van der Waals surface area contributed by atoms with Crippen LogP contribution in [0, 0.1) is 11.8 Å². The molecule has 1 aromatic carbocycles. The fraction of sp³-hybridized carbons (Fsp3) is 0.545. The van der Waals surface area contributed by atoms with E-state index in [-0.39, 0.29) is 23.8 Å². The molecule has 146 valence electrons. The Bertz CT molecular complexity index is 686. The Labute approximate surface area is 161 Å². The molecular weight excluding hydrogens is 340 g/mol. The highest BCUT2D eigenvalue weighted by atomic mass is 16.5. The number of nitrogens with one attached hydrogen (secondary N) is 1. The van der Waals surface area contributed by atoms with Crippen LogP contribution in [0.5, 0.6) is 0 Å². The molecule has 1 heterocycles. The smallest absolute Gasteiger partial charge is 0.328 e. The minimum atomic E-state index is -0.601. The van der Waals surface area contributed by atoms with E-state index in [1.807, 2.05) is 32.0 Å². The van der Waals surface area contributed by atoms with Crippen LogP contribution in [-0.4, -0.2) is 48.6 Å². The van der Waals surface area contributed by atoms with Crippen LogP contribution in [0.15, 0.2) is 42.5 Å². The Hall–Kier alpha value is -2.14. The lowest BCUT2D eigenvalue weighted by atomic mass is 10.00. The van der Waals surface area contributed by atoms with Gasteiger partial charge in [-0.1, -0.05) is 56.3 Å². The summed E-state index contributed by atoms with van der Waals surface area (Å²) in [6, 6.07) is 9.51. The number of likely N-dealkylation sites (tertiary alicyclic amines) is 1. The predicted octanol–water partition coefficient (Wildman–Crippen LogP) is 2.56. The van der Waals surface area contributed by atoms with Crippen molar-refractivity contribution in [3.05, 3.63) is 48.0 Å². The molecule has 1 amide bonds. The maximum Gasteiger partial charge on any atom is 0.328 e. The Balaban J connectivity index is 1.77. The van der Waals surface area contributed by atoms with Gasteiger partial charge in [0.15, 0.2) is 0 Å². The predicted molar refractivity (Wildman–Crippen MR) is 105 cm³/mol. The minimum absolute atomic E-state index is 0.0872. The molecular formula is C22H30N2O3. The number of methoxy groups -OCH3 is 1. The van der Waals surface area contributed by atoms with E-state index in [1.165, 1.54) is 7.11 Å². The number of nitrogens with zero attached hydrogens (tertiary/aromatic N) is 1. The molecule has 0 radical (unpaired) electrons. The second kappa shape index (κ2) is 8.70. The van der Waals surface area contributed by atoms with Crippen LogP contribution < -0.4 is 5.32 Å². The zero-order valence-electron chi connectivity index (χ0n) is 16.4. The lowest BCUT2D eigenvalue weighted by Crippen LogP contribution is -2.54. The summed E-state index contributed by atoms with van der Waals surface area (Å²) in [6.45, 7) is 4.97. The number of benzene rings is 1. The highest BCUT2D eigenvalue weighted by Crippen LogP contribution is 2.33. The number of carbonyl (C=O) groups is 2. The number of ether oxygens (including phenoxy) is 1. The monoisotopic (exact) mass is 370 g/mol. The number of hydrogen-bond acceptors (Lipinski definition) is 4. The van der Waals surface area contributed by atoms with Crippen LogP contribution in [-0.2, 0) is 20.7 Å². The first kappa shape index (κ1) is 19.6. The van der Waals surface area contributed by atoms with Crippen molar-refractivity contribution in [1.82, 2.24) is 10.2 Å². The van der Waals surface area contributed by atoms with Gasteiger partial charge in [0.05, 0.1) is 13.2 Å². The summed E-state index contributed by atoms with van der Waals surface area (Å²) in [5, 5.41) is 2.98. The van der Waals surface area contributed by atoms with E-state index in [9.17, 15) is 9.59 Å². The van der Waals surface area contributed by atoms with Gasteiger partial charge in [-0.15, -0.1) is 0 Å². The van der Waals surface area contributed by atoms with Crippen molar-refractivity contribution in [2.24, 2.45) is 11.8 Å². The van der Waals surface area contributed by atoms with Gasteiger partial charge in [-0.2, -0.15) is 0 Å². The van der Waals surface area contributed by atoms with Crippen LogP contribution in [0.1, 0.15) is 32.3 Å². The van der Waals surface area contributed by atoms with Crippen LogP contribution in [0.4, 0.5) is 0 Å². The summed E-state index contributed by atoms with van der Waals surface area (Å²) in [6.07, 6.45) is 6.77. The van der Waals surface area contributed by atoms with Gasteiger partial charge in [0, 0.05) is 12.6 Å². The normalized spacial score (nSPS) is 23.4. The van der Waals surface area contributed by atoms with Gasteiger partial charge < -0.3 is 10.1 Å². The van der Waals surface area contributed by atoms with Crippen LogP contribution in [0.2, 0.25) is 0 Å². The number of amides is 1. The molecule has 5 heteroatoms. The average molecular weight is 370 g/mol. The number of fused-ring (bicyclic) bond motifs is 2. The Morgan fingerprint density at radius 1 is 1.22 bits per heavy atom. The molecule has 4 atom stereocenters. The second-order valence-corrected chi connectivity index (χ2v) is 8.06. The van der Waals surface area contributed by atoms with Gasteiger partial charge in [0.25, 0.3) is 0 Å². The van der Waals surface area contributed by atoms with Crippen molar-refractivity contribution in [2.75, 3.05) is 13.7 Å². The van der Waals surface area contributed by atoms with E-state index in [0.717, 1.165) is 18.5 Å². The van der Waals surface area contributed by atoms with Gasteiger partial charge in [0.2, 0.25) is 5.91 Å². The molecule has 1 aromatic rings. The molecule has 0 saturated carbocycles. The fourth-order valence-corrected chi connectivity index (χ4v) is 4.19. The number of carbonyl (C=O) groups excluding carboxylic acids is 2. The maximum absolute atomic E-state index is 13.2. The van der Waals surface area contributed by atoms with Crippen LogP contribution in [0.3, 0.4) is 0 Å². The molecule has 3 rings (SSSR count). The van der Waals surface area contributed by atoms with Crippen molar-refractivity contribution in [3.63, 3.8) is 0 Å². The van der Waals surface area contributed by atoms with Crippen molar-refractivity contribution in [2.45, 2.75) is 51.2 Å². The molecule has 2 aliphatic rings. The third kappa shape index (κ3) is 4.78. The Morgan fingerprint density at radius 3 is 2.52 bits per heavy atom. The Morgan fingerprint density at radius 2 is 1.96 bits per heavy atom. The molecule has 1 aliphatic carbocycles. The van der Waals surface area contributed by atoms with E-state index >= 15 is 0 Å². The molecule has 1 fully saturated rings. The molecule has 4 unspecified atom stereocenters. The lowest BCUT2D eigenvalue weighted by Gasteiger charge is -2.33. The van der Waals surface area contributed by atoms with E-state index < -0.39 is 6.04 Å². The zero-order chi connectivity index (χ0) is 19.4. The van der Waals surface area contributed by atoms with E-state index in [0.29, 0.717) is 24.8 Å². The summed E-state index contributed by atoms with van der Waals surface area (Å²) < 4.78 is 4.91. The largest absolute Gasteiger partial charge is 0.467 e. The Kier molecular flexibility index (Phi) is 6.32. The fourth-order valence-electron chi connectivity index (χ4n) is 4.19. The van der Waals surface area contributed by atoms with Gasteiger partial charge in [-0.3, -0.25) is 9.69 Å². The number of hydrogen-bond donors (Lipinski definition) is 1. The molecule has 0 aromatic heterocycles. The molecule has 1 N–H and O–H groups in total. The standard InChI is InChI=1S/C22H30N2O3/c1-15(2)11-19(22(26)27-3)23-21(25)20(13-16-7-5-4-6-8-16)24-14-17-9-10-18(24)12-17/h4-10,15,17-20H,11-14H2,1-3H3,(H,23,25). The molecule has 5 nitrogen and oxygen atoms in total. The molecule has 27 heavy (non-hydrogen) atoms. The quantitative estimate of drug-likeness (QED) is 0.564. The first-order valence-corrected chi connectivity index (χ1v) is 9.84. The highest BCUT2D eigenvalue weighted by molar-refractivity contribution is 5.87. The maximum atomic E-state index is 13.2. The van der Waals surface area contributed by atoms with Crippen molar-refractivity contribution in [1.29, 1.82) is 0 Å². The van der Waals surface area contributed by atoms with Crippen molar-refractivity contribution >= 4 is 11.9 Å². The lowest BCUT2D eigenvalue weighted by molar-refractivity contribution is -0.146. The van der Waals surface area contributed by atoms with E-state index in [4.69, 9.17) is 4.74 Å². The van der Waals surface area contributed by atoms with Gasteiger partial charge in [0.1, 0.15) is 6.04 Å². The summed E-state index contributed by atoms with van der Waals surface area (Å²) in [4.78, 5) is 27.7. The SMILES string of the molecule is COC(=O)C(CC(C)C)NC(=O)C(Cc1ccccc1)N1CC2C=CC1C2. The summed E-state index contributed by atoms with van der Waals surface area (Å²) in [5.74, 6) is 0.357. The van der Waals surface area contributed by atoms with E-state index in [1.54, 1.807) is 0 Å². The highest BCUT2D eigenvalue weighted by Gasteiger charge is 2.41. The summed E-state index contributed by atoms with van der Waals surface area (Å²) >= 11 is 0. The summed E-state index contributed by atoms with van der Waals surface area (Å²) in [5.41, 5.74) is 1.13. The first-order chi connectivity index (χ1) is 13.0. The first-order valence-electron chi connectivity index (χ1n) is 9.84. The topological polar surface area (TPSA) is 58.6 Å². The number of rotatable bonds is 8. The third-order valence-corrected chi connectivity index (χ3v) is 5.51. The van der Waals surface area contributed by atoms with Crippen molar-refractivity contribution < 1.29 is 14.3 Å². The van der Waals surface area contributed by atoms with Gasteiger partial charge in [-0.05, 0) is 36.7 Å².